The molecular weight excluding hydrogens is 444 g/mol. The Hall–Kier alpha value is -3.68. The molecule has 4 rings (SSSR count). The molecule has 2 aromatic heterocycles. The van der Waals surface area contributed by atoms with Gasteiger partial charge >= 0.3 is 0 Å². The number of pyridine rings is 1. The lowest BCUT2D eigenvalue weighted by atomic mass is 10.0. The molecule has 0 bridgehead atoms. The zero-order valence-corrected chi connectivity index (χ0v) is 20.5. The molecule has 1 aliphatic carbocycles. The molecule has 2 amide bonds. The Morgan fingerprint density at radius 2 is 1.80 bits per heavy atom. The Morgan fingerprint density at radius 3 is 2.43 bits per heavy atom. The summed E-state index contributed by atoms with van der Waals surface area (Å²) in [6.07, 6.45) is 3.21. The van der Waals surface area contributed by atoms with Crippen molar-refractivity contribution in [1.82, 2.24) is 14.5 Å². The number of rotatable bonds is 8. The van der Waals surface area contributed by atoms with Crippen molar-refractivity contribution in [3.8, 4) is 0 Å². The second-order valence-electron chi connectivity index (χ2n) is 9.19. The Labute approximate surface area is 204 Å². The summed E-state index contributed by atoms with van der Waals surface area (Å²) in [7, 11) is 1.77. The van der Waals surface area contributed by atoms with E-state index in [1.54, 1.807) is 35.9 Å². The number of carbonyl (C=O) groups is 3. The van der Waals surface area contributed by atoms with Crippen LogP contribution in [0.3, 0.4) is 0 Å². The number of hydrogen-bond acceptors (Lipinski definition) is 4. The van der Waals surface area contributed by atoms with Gasteiger partial charge in [0.25, 0.3) is 11.5 Å². The fraction of sp³-hybridized carbons (Fsp3) is 0.407. The third-order valence-corrected chi connectivity index (χ3v) is 7.18. The van der Waals surface area contributed by atoms with Crippen LogP contribution in [-0.2, 0) is 31.2 Å². The first kappa shape index (κ1) is 24.4. The highest BCUT2D eigenvalue weighted by atomic mass is 16.2. The van der Waals surface area contributed by atoms with E-state index in [-0.39, 0.29) is 35.8 Å². The van der Waals surface area contributed by atoms with Gasteiger partial charge in [-0.15, -0.1) is 0 Å². The number of hydrogen-bond donors (Lipinski definition) is 2. The highest BCUT2D eigenvalue weighted by Crippen LogP contribution is 2.28. The fourth-order valence-electron chi connectivity index (χ4n) is 5.34. The average molecular weight is 477 g/mol. The predicted octanol–water partition coefficient (Wildman–Crippen LogP) is 2.73. The molecule has 2 atom stereocenters. The van der Waals surface area contributed by atoms with E-state index in [1.807, 2.05) is 26.0 Å². The molecule has 0 spiro atoms. The molecule has 35 heavy (non-hydrogen) atoms. The normalized spacial score (nSPS) is 17.6. The van der Waals surface area contributed by atoms with Crippen molar-refractivity contribution >= 4 is 28.5 Å². The molecule has 1 fully saturated rings. The standard InChI is InChI=1S/C27H32N4O4/c1-4-17-14-21-23(27(35)31(17)15-22(32)16-10-7-6-8-11-16)18(5-2)24(30(21)3)26(34)29-20-13-9-12-19(20)25(28)33/h6-8,10-11,14,19-20H,4-5,9,12-13,15H2,1-3H3,(H2,28,33)(H,29,34)/t19?,20-/m0/s1. The number of benzene rings is 1. The number of aryl methyl sites for hydroxylation is 3. The second-order valence-corrected chi connectivity index (χ2v) is 9.19. The molecule has 0 radical (unpaired) electrons. The molecule has 8 nitrogen and oxygen atoms in total. The van der Waals surface area contributed by atoms with Crippen molar-refractivity contribution in [3.63, 3.8) is 0 Å². The molecule has 0 aliphatic heterocycles. The van der Waals surface area contributed by atoms with Gasteiger partial charge in [0.15, 0.2) is 5.78 Å². The van der Waals surface area contributed by atoms with Gasteiger partial charge in [-0.2, -0.15) is 0 Å². The van der Waals surface area contributed by atoms with E-state index in [0.29, 0.717) is 53.4 Å². The van der Waals surface area contributed by atoms with E-state index in [2.05, 4.69) is 5.32 Å². The molecule has 8 heteroatoms. The zero-order valence-electron chi connectivity index (χ0n) is 20.5. The third-order valence-electron chi connectivity index (χ3n) is 7.18. The Kier molecular flexibility index (Phi) is 6.91. The van der Waals surface area contributed by atoms with Crippen molar-refractivity contribution in [3.05, 3.63) is 69.3 Å². The Morgan fingerprint density at radius 1 is 1.09 bits per heavy atom. The van der Waals surface area contributed by atoms with Crippen LogP contribution in [0.15, 0.2) is 41.2 Å². The number of nitrogens with one attached hydrogen (secondary N) is 1. The van der Waals surface area contributed by atoms with Crippen LogP contribution in [-0.4, -0.2) is 32.8 Å². The largest absolute Gasteiger partial charge is 0.369 e. The number of primary amides is 1. The van der Waals surface area contributed by atoms with Gasteiger partial charge in [-0.25, -0.2) is 0 Å². The number of Topliss-reactive ketones (excluding diaryl/α,β-unsaturated/α-hetero) is 1. The quantitative estimate of drug-likeness (QED) is 0.486. The lowest BCUT2D eigenvalue weighted by molar-refractivity contribution is -0.122. The number of nitrogens with zero attached hydrogens (tertiary/aromatic N) is 2. The molecule has 2 heterocycles. The molecule has 184 valence electrons. The van der Waals surface area contributed by atoms with Crippen molar-refractivity contribution in [1.29, 1.82) is 0 Å². The van der Waals surface area contributed by atoms with Crippen LogP contribution in [0, 0.1) is 5.92 Å². The van der Waals surface area contributed by atoms with Gasteiger partial charge in [0.05, 0.1) is 23.4 Å². The number of carbonyl (C=O) groups excluding carboxylic acids is 3. The first-order valence-electron chi connectivity index (χ1n) is 12.2. The number of ketones is 1. The second kappa shape index (κ2) is 9.90. The number of fused-ring (bicyclic) bond motifs is 1. The lowest BCUT2D eigenvalue weighted by Crippen LogP contribution is -2.43. The first-order valence-corrected chi connectivity index (χ1v) is 12.2. The molecule has 0 saturated heterocycles. The molecular formula is C27H32N4O4. The van der Waals surface area contributed by atoms with Crippen LogP contribution in [0.25, 0.3) is 10.9 Å². The topological polar surface area (TPSA) is 116 Å². The lowest BCUT2D eigenvalue weighted by Gasteiger charge is -2.19. The maximum absolute atomic E-state index is 13.7. The van der Waals surface area contributed by atoms with Gasteiger partial charge in [0, 0.05) is 24.3 Å². The summed E-state index contributed by atoms with van der Waals surface area (Å²) in [5, 5.41) is 3.45. The average Bonchev–Trinajstić information content (AvgIpc) is 3.43. The van der Waals surface area contributed by atoms with Crippen molar-refractivity contribution in [2.45, 2.75) is 58.5 Å². The highest BCUT2D eigenvalue weighted by molar-refractivity contribution is 6.02. The molecule has 3 N–H and O–H groups in total. The predicted molar refractivity (Wildman–Crippen MR) is 134 cm³/mol. The van der Waals surface area contributed by atoms with Crippen LogP contribution >= 0.6 is 0 Å². The highest BCUT2D eigenvalue weighted by Gasteiger charge is 2.34. The van der Waals surface area contributed by atoms with Crippen molar-refractivity contribution in [2.24, 2.45) is 18.7 Å². The summed E-state index contributed by atoms with van der Waals surface area (Å²) in [5.41, 5.74) is 8.25. The summed E-state index contributed by atoms with van der Waals surface area (Å²) < 4.78 is 3.28. The van der Waals surface area contributed by atoms with Crippen molar-refractivity contribution < 1.29 is 14.4 Å². The van der Waals surface area contributed by atoms with Crippen LogP contribution in [0.1, 0.15) is 65.2 Å². The first-order chi connectivity index (χ1) is 16.8. The molecule has 3 aromatic rings. The van der Waals surface area contributed by atoms with E-state index < -0.39 is 5.91 Å². The van der Waals surface area contributed by atoms with Crippen molar-refractivity contribution in [2.75, 3.05) is 0 Å². The van der Waals surface area contributed by atoms with E-state index in [9.17, 15) is 19.2 Å². The van der Waals surface area contributed by atoms with E-state index in [4.69, 9.17) is 5.73 Å². The summed E-state index contributed by atoms with van der Waals surface area (Å²) in [6, 6.07) is 10.5. The number of amides is 2. The molecule has 1 aliphatic rings. The smallest absolute Gasteiger partial charge is 0.268 e. The number of aromatic nitrogens is 2. The van der Waals surface area contributed by atoms with Crippen LogP contribution in [0.4, 0.5) is 0 Å². The van der Waals surface area contributed by atoms with Crippen LogP contribution in [0.2, 0.25) is 0 Å². The van der Waals surface area contributed by atoms with Crippen LogP contribution in [0.5, 0.6) is 0 Å². The summed E-state index contributed by atoms with van der Waals surface area (Å²) >= 11 is 0. The van der Waals surface area contributed by atoms with Gasteiger partial charge in [-0.1, -0.05) is 50.6 Å². The van der Waals surface area contributed by atoms with Gasteiger partial charge in [-0.3, -0.25) is 19.2 Å². The van der Waals surface area contributed by atoms with E-state index in [0.717, 1.165) is 12.1 Å². The monoisotopic (exact) mass is 476 g/mol. The van der Waals surface area contributed by atoms with E-state index in [1.165, 1.54) is 4.57 Å². The van der Waals surface area contributed by atoms with Gasteiger partial charge < -0.3 is 20.2 Å². The maximum Gasteiger partial charge on any atom is 0.268 e. The number of nitrogens with two attached hydrogens (primary N) is 1. The minimum absolute atomic E-state index is 0.0656. The summed E-state index contributed by atoms with van der Waals surface area (Å²) in [5.74, 6) is -1.25. The molecule has 1 unspecified atom stereocenters. The van der Waals surface area contributed by atoms with E-state index >= 15 is 0 Å². The summed E-state index contributed by atoms with van der Waals surface area (Å²) in [6.45, 7) is 3.77. The minimum atomic E-state index is -0.404. The Bertz CT molecular complexity index is 1350. The summed E-state index contributed by atoms with van der Waals surface area (Å²) in [4.78, 5) is 51.9. The fourth-order valence-corrected chi connectivity index (χ4v) is 5.34. The van der Waals surface area contributed by atoms with Gasteiger partial charge in [0.1, 0.15) is 5.69 Å². The van der Waals surface area contributed by atoms with Crippen LogP contribution < -0.4 is 16.6 Å². The SMILES string of the molecule is CCc1c(C(=O)N[C@H]2CCCC2C(N)=O)n(C)c2cc(CC)n(CC(=O)c3ccccc3)c(=O)c12. The molecule has 1 saturated carbocycles. The zero-order chi connectivity index (χ0) is 25.3. The Balaban J connectivity index is 1.78. The van der Waals surface area contributed by atoms with Gasteiger partial charge in [-0.05, 0) is 37.3 Å². The third kappa shape index (κ3) is 4.40. The van der Waals surface area contributed by atoms with Gasteiger partial charge in [0.2, 0.25) is 5.91 Å². The minimum Gasteiger partial charge on any atom is -0.369 e. The maximum atomic E-state index is 13.7. The molecule has 1 aromatic carbocycles.